The van der Waals surface area contributed by atoms with Gasteiger partial charge in [0, 0.05) is 23.6 Å². The van der Waals surface area contributed by atoms with Crippen LogP contribution in [0.25, 0.3) is 21.7 Å². The first-order valence-corrected chi connectivity index (χ1v) is 9.27. The molecule has 1 atom stereocenters. The third-order valence-electron chi connectivity index (χ3n) is 5.03. The van der Waals surface area contributed by atoms with E-state index in [9.17, 15) is 4.79 Å². The lowest BCUT2D eigenvalue weighted by atomic mass is 9.99. The van der Waals surface area contributed by atoms with Gasteiger partial charge in [-0.25, -0.2) is 0 Å². The van der Waals surface area contributed by atoms with Gasteiger partial charge in [0.2, 0.25) is 5.91 Å². The lowest BCUT2D eigenvalue weighted by Crippen LogP contribution is -2.42. The maximum atomic E-state index is 12.4. The number of para-hydroxylation sites is 1. The van der Waals surface area contributed by atoms with Crippen LogP contribution in [0.1, 0.15) is 11.1 Å². The summed E-state index contributed by atoms with van der Waals surface area (Å²) in [6, 6.07) is 21.9. The van der Waals surface area contributed by atoms with Gasteiger partial charge in [0.15, 0.2) is 0 Å². The third kappa shape index (κ3) is 3.71. The molecule has 1 heterocycles. The van der Waals surface area contributed by atoms with Crippen LogP contribution in [0.5, 0.6) is 0 Å². The van der Waals surface area contributed by atoms with Gasteiger partial charge >= 0.3 is 0 Å². The molecule has 1 unspecified atom stereocenters. The predicted octanol–water partition coefficient (Wildman–Crippen LogP) is 3.55. The molecule has 27 heavy (non-hydrogen) atoms. The molecule has 4 aromatic rings. The van der Waals surface area contributed by atoms with Crippen LogP contribution in [0, 0.1) is 0 Å². The minimum atomic E-state index is -0.557. The van der Waals surface area contributed by atoms with Crippen molar-refractivity contribution in [2.45, 2.75) is 18.9 Å². The van der Waals surface area contributed by atoms with E-state index in [4.69, 9.17) is 5.73 Å². The van der Waals surface area contributed by atoms with E-state index in [-0.39, 0.29) is 5.91 Å². The number of carbonyl (C=O) groups is 1. The normalized spacial score (nSPS) is 12.3. The van der Waals surface area contributed by atoms with E-state index in [1.54, 1.807) is 0 Å². The molecule has 0 fully saturated rings. The van der Waals surface area contributed by atoms with Crippen LogP contribution in [-0.4, -0.2) is 23.5 Å². The second-order valence-electron chi connectivity index (χ2n) is 6.85. The van der Waals surface area contributed by atoms with Crippen molar-refractivity contribution in [1.82, 2.24) is 10.3 Å². The predicted molar refractivity (Wildman–Crippen MR) is 111 cm³/mol. The summed E-state index contributed by atoms with van der Waals surface area (Å²) in [5.74, 6) is -0.109. The van der Waals surface area contributed by atoms with E-state index < -0.39 is 6.04 Å². The zero-order valence-corrected chi connectivity index (χ0v) is 15.1. The molecule has 1 amide bonds. The molecular formula is C23H23N3O. The highest BCUT2D eigenvalue weighted by atomic mass is 16.2. The van der Waals surface area contributed by atoms with Gasteiger partial charge in [0.05, 0.1) is 6.04 Å². The zero-order chi connectivity index (χ0) is 18.6. The Kier molecular flexibility index (Phi) is 4.90. The number of H-pyrrole nitrogens is 1. The number of benzene rings is 3. The zero-order valence-electron chi connectivity index (χ0n) is 15.1. The Morgan fingerprint density at radius 1 is 0.926 bits per heavy atom. The van der Waals surface area contributed by atoms with Crippen molar-refractivity contribution in [3.05, 3.63) is 84.1 Å². The fraction of sp³-hybridized carbons (Fsp3) is 0.174. The molecule has 0 spiro atoms. The summed E-state index contributed by atoms with van der Waals surface area (Å²) in [5, 5.41) is 6.50. The Balaban J connectivity index is 1.36. The van der Waals surface area contributed by atoms with Crippen molar-refractivity contribution in [2.24, 2.45) is 5.73 Å². The topological polar surface area (TPSA) is 70.9 Å². The smallest absolute Gasteiger partial charge is 0.237 e. The molecule has 1 aromatic heterocycles. The number of aromatic amines is 1. The van der Waals surface area contributed by atoms with Crippen LogP contribution in [0.3, 0.4) is 0 Å². The van der Waals surface area contributed by atoms with Crippen molar-refractivity contribution in [3.63, 3.8) is 0 Å². The lowest BCUT2D eigenvalue weighted by molar-refractivity contribution is -0.122. The molecule has 0 aliphatic carbocycles. The minimum Gasteiger partial charge on any atom is -0.361 e. The number of hydrogen-bond donors (Lipinski definition) is 3. The lowest BCUT2D eigenvalue weighted by Gasteiger charge is -2.14. The molecule has 0 saturated heterocycles. The first kappa shape index (κ1) is 17.3. The Hall–Kier alpha value is -3.11. The molecular weight excluding hydrogens is 334 g/mol. The summed E-state index contributed by atoms with van der Waals surface area (Å²) in [5.41, 5.74) is 9.60. The average molecular weight is 357 g/mol. The largest absolute Gasteiger partial charge is 0.361 e. The van der Waals surface area contributed by atoms with Crippen LogP contribution in [-0.2, 0) is 17.6 Å². The Bertz CT molecular complexity index is 1080. The fourth-order valence-electron chi connectivity index (χ4n) is 3.59. The number of aromatic nitrogens is 1. The summed E-state index contributed by atoms with van der Waals surface area (Å²) in [6.45, 7) is 0.573. The number of fused-ring (bicyclic) bond motifs is 2. The van der Waals surface area contributed by atoms with Crippen LogP contribution < -0.4 is 11.1 Å². The standard InChI is InChI=1S/C23H23N3O/c24-21(14-17-8-5-7-16-6-1-2-9-19(16)17)23(27)25-13-12-18-15-26-22-11-4-3-10-20(18)22/h1-11,15,21,26H,12-14,24H2,(H,25,27). The van der Waals surface area contributed by atoms with Crippen LogP contribution in [0.4, 0.5) is 0 Å². The Morgan fingerprint density at radius 3 is 2.56 bits per heavy atom. The number of hydrogen-bond acceptors (Lipinski definition) is 2. The van der Waals surface area contributed by atoms with Gasteiger partial charge in [0.1, 0.15) is 0 Å². The van der Waals surface area contributed by atoms with E-state index in [0.717, 1.165) is 22.9 Å². The maximum absolute atomic E-state index is 12.4. The van der Waals surface area contributed by atoms with E-state index in [1.807, 2.05) is 42.6 Å². The van der Waals surface area contributed by atoms with Gasteiger partial charge in [-0.1, -0.05) is 60.7 Å². The molecule has 0 aliphatic rings. The average Bonchev–Trinajstić information content (AvgIpc) is 3.11. The summed E-state index contributed by atoms with van der Waals surface area (Å²) in [4.78, 5) is 15.7. The second-order valence-corrected chi connectivity index (χ2v) is 6.85. The quantitative estimate of drug-likeness (QED) is 0.494. The molecule has 4 rings (SSSR count). The van der Waals surface area contributed by atoms with E-state index in [2.05, 4.69) is 40.6 Å². The van der Waals surface area contributed by atoms with Gasteiger partial charge in [-0.3, -0.25) is 4.79 Å². The van der Waals surface area contributed by atoms with Gasteiger partial charge in [-0.2, -0.15) is 0 Å². The number of amides is 1. The molecule has 0 saturated carbocycles. The number of nitrogens with two attached hydrogens (primary N) is 1. The molecule has 0 bridgehead atoms. The molecule has 0 aliphatic heterocycles. The summed E-state index contributed by atoms with van der Waals surface area (Å²) >= 11 is 0. The van der Waals surface area contributed by atoms with Crippen molar-refractivity contribution in [3.8, 4) is 0 Å². The van der Waals surface area contributed by atoms with Gasteiger partial charge in [0.25, 0.3) is 0 Å². The molecule has 4 N–H and O–H groups in total. The minimum absolute atomic E-state index is 0.109. The second kappa shape index (κ2) is 7.64. The highest BCUT2D eigenvalue weighted by Gasteiger charge is 2.15. The summed E-state index contributed by atoms with van der Waals surface area (Å²) in [7, 11) is 0. The highest BCUT2D eigenvalue weighted by Crippen LogP contribution is 2.20. The number of rotatable bonds is 6. The third-order valence-corrected chi connectivity index (χ3v) is 5.03. The monoisotopic (exact) mass is 357 g/mol. The van der Waals surface area contributed by atoms with Gasteiger partial charge < -0.3 is 16.0 Å². The van der Waals surface area contributed by atoms with Crippen LogP contribution >= 0.6 is 0 Å². The number of nitrogens with one attached hydrogen (secondary N) is 2. The molecule has 4 heteroatoms. The van der Waals surface area contributed by atoms with Gasteiger partial charge in [-0.05, 0) is 40.8 Å². The summed E-state index contributed by atoms with van der Waals surface area (Å²) < 4.78 is 0. The van der Waals surface area contributed by atoms with Gasteiger partial charge in [-0.15, -0.1) is 0 Å². The van der Waals surface area contributed by atoms with Crippen molar-refractivity contribution >= 4 is 27.6 Å². The highest BCUT2D eigenvalue weighted by molar-refractivity contribution is 5.87. The fourth-order valence-corrected chi connectivity index (χ4v) is 3.59. The van der Waals surface area contributed by atoms with E-state index in [1.165, 1.54) is 16.3 Å². The number of carbonyl (C=O) groups excluding carboxylic acids is 1. The first-order chi connectivity index (χ1) is 13.2. The molecule has 0 radical (unpaired) electrons. The Labute approximate surface area is 158 Å². The van der Waals surface area contributed by atoms with Crippen molar-refractivity contribution in [2.75, 3.05) is 6.54 Å². The van der Waals surface area contributed by atoms with Crippen LogP contribution in [0.2, 0.25) is 0 Å². The first-order valence-electron chi connectivity index (χ1n) is 9.27. The van der Waals surface area contributed by atoms with Crippen LogP contribution in [0.15, 0.2) is 72.9 Å². The molecule has 4 nitrogen and oxygen atoms in total. The summed E-state index contributed by atoms with van der Waals surface area (Å²) in [6.07, 6.45) is 3.31. The van der Waals surface area contributed by atoms with E-state index in [0.29, 0.717) is 13.0 Å². The Morgan fingerprint density at radius 2 is 1.67 bits per heavy atom. The van der Waals surface area contributed by atoms with Crippen molar-refractivity contribution < 1.29 is 4.79 Å². The maximum Gasteiger partial charge on any atom is 0.237 e. The SMILES string of the molecule is NC(Cc1cccc2ccccc12)C(=O)NCCc1c[nH]c2ccccc12. The molecule has 136 valence electrons. The van der Waals surface area contributed by atoms with Crippen molar-refractivity contribution in [1.29, 1.82) is 0 Å². The molecule has 3 aromatic carbocycles. The van der Waals surface area contributed by atoms with E-state index >= 15 is 0 Å².